The molecule has 1 amide bonds. The minimum Gasteiger partial charge on any atom is -0.349 e. The third-order valence-corrected chi connectivity index (χ3v) is 4.10. The second-order valence-corrected chi connectivity index (χ2v) is 5.09. The largest absolute Gasteiger partial charge is 0.349 e. The molecule has 0 aliphatic heterocycles. The lowest BCUT2D eigenvalue weighted by molar-refractivity contribution is 0.0931. The van der Waals surface area contributed by atoms with Gasteiger partial charge >= 0.3 is 0 Å². The van der Waals surface area contributed by atoms with E-state index in [1.54, 1.807) is 0 Å². The summed E-state index contributed by atoms with van der Waals surface area (Å²) >= 11 is 3.43. The van der Waals surface area contributed by atoms with Crippen LogP contribution < -0.4 is 5.32 Å². The minimum atomic E-state index is 0.00736. The molecule has 0 bridgehead atoms. The quantitative estimate of drug-likeness (QED) is 0.829. The maximum Gasteiger partial charge on any atom is 0.251 e. The molecule has 3 heteroatoms. The number of aryl methyl sites for hydroxylation is 1. The normalized spacial score (nSPS) is 14.1. The first-order valence-corrected chi connectivity index (χ1v) is 7.16. The Labute approximate surface area is 112 Å². The van der Waals surface area contributed by atoms with Gasteiger partial charge in [0.1, 0.15) is 0 Å². The standard InChI is InChI=1S/C14H20BrNO/c1-4-12-5-7-13(8-6-12)14(17)16-11(3)10(2)9-15/h5-8,10-11H,4,9H2,1-3H3,(H,16,17). The first-order valence-electron chi connectivity index (χ1n) is 6.04. The zero-order valence-corrected chi connectivity index (χ0v) is 12.3. The molecule has 0 aliphatic rings. The molecule has 94 valence electrons. The van der Waals surface area contributed by atoms with Gasteiger partial charge in [0.25, 0.3) is 5.91 Å². The molecule has 2 nitrogen and oxygen atoms in total. The molecule has 0 aromatic heterocycles. The van der Waals surface area contributed by atoms with E-state index in [0.29, 0.717) is 5.92 Å². The van der Waals surface area contributed by atoms with Crippen molar-refractivity contribution >= 4 is 21.8 Å². The summed E-state index contributed by atoms with van der Waals surface area (Å²) in [5.74, 6) is 0.432. The van der Waals surface area contributed by atoms with Gasteiger partial charge in [0, 0.05) is 16.9 Å². The monoisotopic (exact) mass is 297 g/mol. The Hall–Kier alpha value is -0.830. The first kappa shape index (κ1) is 14.2. The Kier molecular flexibility index (Phi) is 5.69. The Morgan fingerprint density at radius 1 is 1.29 bits per heavy atom. The summed E-state index contributed by atoms with van der Waals surface area (Å²) < 4.78 is 0. The van der Waals surface area contributed by atoms with Crippen molar-refractivity contribution in [2.45, 2.75) is 33.2 Å². The van der Waals surface area contributed by atoms with Crippen LogP contribution in [0.2, 0.25) is 0 Å². The number of benzene rings is 1. The maximum atomic E-state index is 11.9. The molecular weight excluding hydrogens is 278 g/mol. The maximum absolute atomic E-state index is 11.9. The highest BCUT2D eigenvalue weighted by atomic mass is 79.9. The van der Waals surface area contributed by atoms with Crippen molar-refractivity contribution in [3.05, 3.63) is 35.4 Å². The molecule has 0 radical (unpaired) electrons. The number of hydrogen-bond acceptors (Lipinski definition) is 1. The third-order valence-electron chi connectivity index (χ3n) is 3.08. The first-order chi connectivity index (χ1) is 8.08. The molecule has 0 saturated heterocycles. The van der Waals surface area contributed by atoms with E-state index in [2.05, 4.69) is 35.1 Å². The molecule has 0 heterocycles. The van der Waals surface area contributed by atoms with Crippen molar-refractivity contribution in [2.24, 2.45) is 5.92 Å². The summed E-state index contributed by atoms with van der Waals surface area (Å²) in [6, 6.07) is 7.97. The molecule has 1 N–H and O–H groups in total. The SMILES string of the molecule is CCc1ccc(C(=O)NC(C)C(C)CBr)cc1. The van der Waals surface area contributed by atoms with E-state index in [1.165, 1.54) is 5.56 Å². The van der Waals surface area contributed by atoms with Crippen LogP contribution in [0.1, 0.15) is 36.7 Å². The lowest BCUT2D eigenvalue weighted by atomic mass is 10.1. The predicted octanol–water partition coefficient (Wildman–Crippen LogP) is 3.40. The van der Waals surface area contributed by atoms with Crippen molar-refractivity contribution in [1.82, 2.24) is 5.32 Å². The van der Waals surface area contributed by atoms with E-state index in [4.69, 9.17) is 0 Å². The fourth-order valence-corrected chi connectivity index (χ4v) is 2.02. The van der Waals surface area contributed by atoms with Crippen LogP contribution in [0, 0.1) is 5.92 Å². The lowest BCUT2D eigenvalue weighted by Crippen LogP contribution is -2.37. The second-order valence-electron chi connectivity index (χ2n) is 4.44. The van der Waals surface area contributed by atoms with Crippen LogP contribution in [-0.4, -0.2) is 17.3 Å². The Balaban J connectivity index is 2.63. The lowest BCUT2D eigenvalue weighted by Gasteiger charge is -2.19. The van der Waals surface area contributed by atoms with E-state index in [-0.39, 0.29) is 11.9 Å². The average Bonchev–Trinajstić information content (AvgIpc) is 2.37. The second kappa shape index (κ2) is 6.80. The molecule has 0 aliphatic carbocycles. The topological polar surface area (TPSA) is 29.1 Å². The number of nitrogens with one attached hydrogen (secondary N) is 1. The van der Waals surface area contributed by atoms with Crippen molar-refractivity contribution in [2.75, 3.05) is 5.33 Å². The van der Waals surface area contributed by atoms with Gasteiger partial charge in [0.2, 0.25) is 0 Å². The van der Waals surface area contributed by atoms with Crippen LogP contribution in [0.3, 0.4) is 0 Å². The van der Waals surface area contributed by atoms with Gasteiger partial charge in [-0.25, -0.2) is 0 Å². The molecule has 0 spiro atoms. The van der Waals surface area contributed by atoms with Crippen molar-refractivity contribution < 1.29 is 4.79 Å². The Morgan fingerprint density at radius 3 is 2.35 bits per heavy atom. The highest BCUT2D eigenvalue weighted by Crippen LogP contribution is 2.09. The van der Waals surface area contributed by atoms with Gasteiger partial charge in [0.15, 0.2) is 0 Å². The summed E-state index contributed by atoms with van der Waals surface area (Å²) in [6.45, 7) is 6.25. The fourth-order valence-electron chi connectivity index (χ4n) is 1.46. The van der Waals surface area contributed by atoms with Crippen LogP contribution in [0.15, 0.2) is 24.3 Å². The number of amides is 1. The highest BCUT2D eigenvalue weighted by molar-refractivity contribution is 9.09. The van der Waals surface area contributed by atoms with Crippen LogP contribution >= 0.6 is 15.9 Å². The molecule has 2 unspecified atom stereocenters. The smallest absolute Gasteiger partial charge is 0.251 e. The average molecular weight is 298 g/mol. The number of carbonyl (C=O) groups is 1. The molecule has 0 saturated carbocycles. The van der Waals surface area contributed by atoms with Crippen LogP contribution in [0.4, 0.5) is 0 Å². The van der Waals surface area contributed by atoms with E-state index < -0.39 is 0 Å². The summed E-state index contributed by atoms with van der Waals surface area (Å²) in [5.41, 5.74) is 1.99. The van der Waals surface area contributed by atoms with Crippen molar-refractivity contribution in [3.63, 3.8) is 0 Å². The Morgan fingerprint density at radius 2 is 1.88 bits per heavy atom. The summed E-state index contributed by atoms with van der Waals surface area (Å²) in [7, 11) is 0. The van der Waals surface area contributed by atoms with Crippen LogP contribution in [-0.2, 0) is 6.42 Å². The summed E-state index contributed by atoms with van der Waals surface area (Å²) in [5, 5.41) is 3.91. The van der Waals surface area contributed by atoms with Gasteiger partial charge < -0.3 is 5.32 Å². The van der Waals surface area contributed by atoms with Crippen molar-refractivity contribution in [3.8, 4) is 0 Å². The van der Waals surface area contributed by atoms with E-state index >= 15 is 0 Å². The van der Waals surface area contributed by atoms with Gasteiger partial charge in [-0.3, -0.25) is 4.79 Å². The Bertz CT molecular complexity index is 361. The fraction of sp³-hybridized carbons (Fsp3) is 0.500. The molecule has 17 heavy (non-hydrogen) atoms. The number of halogens is 1. The number of alkyl halides is 1. The number of rotatable bonds is 5. The van der Waals surface area contributed by atoms with E-state index in [1.807, 2.05) is 31.2 Å². The minimum absolute atomic E-state index is 0.00736. The predicted molar refractivity (Wildman–Crippen MR) is 75.7 cm³/mol. The van der Waals surface area contributed by atoms with E-state index in [9.17, 15) is 4.79 Å². The van der Waals surface area contributed by atoms with Gasteiger partial charge in [-0.2, -0.15) is 0 Å². The molecule has 2 atom stereocenters. The van der Waals surface area contributed by atoms with Crippen LogP contribution in [0.25, 0.3) is 0 Å². The zero-order chi connectivity index (χ0) is 12.8. The van der Waals surface area contributed by atoms with Crippen LogP contribution in [0.5, 0.6) is 0 Å². The molecule has 1 aromatic carbocycles. The summed E-state index contributed by atoms with van der Waals surface area (Å²) in [4.78, 5) is 11.9. The van der Waals surface area contributed by atoms with Crippen molar-refractivity contribution in [1.29, 1.82) is 0 Å². The molecule has 1 aromatic rings. The summed E-state index contributed by atoms with van der Waals surface area (Å²) in [6.07, 6.45) is 0.999. The van der Waals surface area contributed by atoms with E-state index in [0.717, 1.165) is 17.3 Å². The molecule has 1 rings (SSSR count). The van der Waals surface area contributed by atoms with Gasteiger partial charge in [-0.15, -0.1) is 0 Å². The van der Waals surface area contributed by atoms with Gasteiger partial charge in [-0.05, 0) is 37.0 Å². The highest BCUT2D eigenvalue weighted by Gasteiger charge is 2.14. The molecular formula is C14H20BrNO. The molecule has 0 fully saturated rings. The number of carbonyl (C=O) groups excluding carboxylic acids is 1. The number of hydrogen-bond donors (Lipinski definition) is 1. The third kappa shape index (κ3) is 4.15. The zero-order valence-electron chi connectivity index (χ0n) is 10.7. The van der Waals surface area contributed by atoms with Gasteiger partial charge in [0.05, 0.1) is 0 Å². The van der Waals surface area contributed by atoms with Gasteiger partial charge in [-0.1, -0.05) is 41.9 Å².